The van der Waals surface area contributed by atoms with Crippen LogP contribution < -0.4 is 9.64 Å². The summed E-state index contributed by atoms with van der Waals surface area (Å²) in [5, 5.41) is 6.59. The van der Waals surface area contributed by atoms with Crippen LogP contribution in [0, 0.1) is 0 Å². The molecule has 8 heteroatoms. The summed E-state index contributed by atoms with van der Waals surface area (Å²) in [6.07, 6.45) is 1.84. The van der Waals surface area contributed by atoms with Crippen LogP contribution in [-0.2, 0) is 6.54 Å². The fourth-order valence-electron chi connectivity index (χ4n) is 3.40. The molecule has 3 aromatic rings. The standard InChI is InChI=1S/C19H21Cl2N5O/c1-27-17-12-15(3-4-16(17)20)25-9-6-24(7-10-25)8-11-26-19-14(13-22-26)2-5-18(21)23-19/h2-5,12-13H,6-11H2,1H3. The van der Waals surface area contributed by atoms with Crippen molar-refractivity contribution >= 4 is 39.9 Å². The third-order valence-electron chi connectivity index (χ3n) is 4.95. The van der Waals surface area contributed by atoms with Gasteiger partial charge in [-0.2, -0.15) is 5.10 Å². The maximum Gasteiger partial charge on any atom is 0.159 e. The lowest BCUT2D eigenvalue weighted by Crippen LogP contribution is -2.47. The topological polar surface area (TPSA) is 46.4 Å². The summed E-state index contributed by atoms with van der Waals surface area (Å²) < 4.78 is 7.26. The molecular formula is C19H21Cl2N5O. The average molecular weight is 406 g/mol. The first-order valence-corrected chi connectivity index (χ1v) is 9.68. The molecule has 0 amide bonds. The summed E-state index contributed by atoms with van der Waals surface area (Å²) in [5.41, 5.74) is 1.99. The van der Waals surface area contributed by atoms with Crippen LogP contribution >= 0.6 is 23.2 Å². The van der Waals surface area contributed by atoms with E-state index in [-0.39, 0.29) is 0 Å². The summed E-state index contributed by atoms with van der Waals surface area (Å²) in [6, 6.07) is 9.69. The number of hydrogen-bond donors (Lipinski definition) is 0. The highest BCUT2D eigenvalue weighted by Gasteiger charge is 2.18. The van der Waals surface area contributed by atoms with Crippen molar-refractivity contribution in [3.63, 3.8) is 0 Å². The van der Waals surface area contributed by atoms with E-state index in [0.29, 0.717) is 15.9 Å². The van der Waals surface area contributed by atoms with Crippen LogP contribution in [-0.4, -0.2) is 59.5 Å². The van der Waals surface area contributed by atoms with E-state index in [4.69, 9.17) is 27.9 Å². The van der Waals surface area contributed by atoms with Gasteiger partial charge in [-0.05, 0) is 24.3 Å². The molecule has 142 valence electrons. The number of anilines is 1. The fourth-order valence-corrected chi connectivity index (χ4v) is 3.74. The summed E-state index contributed by atoms with van der Waals surface area (Å²) in [7, 11) is 1.64. The minimum Gasteiger partial charge on any atom is -0.495 e. The van der Waals surface area contributed by atoms with Gasteiger partial charge in [-0.25, -0.2) is 9.67 Å². The van der Waals surface area contributed by atoms with Crippen LogP contribution in [0.5, 0.6) is 5.75 Å². The van der Waals surface area contributed by atoms with E-state index in [0.717, 1.165) is 56.0 Å². The average Bonchev–Trinajstić information content (AvgIpc) is 3.09. The minimum absolute atomic E-state index is 0.497. The molecule has 3 heterocycles. The van der Waals surface area contributed by atoms with E-state index in [1.165, 1.54) is 0 Å². The molecule has 0 N–H and O–H groups in total. The Bertz CT molecular complexity index is 937. The van der Waals surface area contributed by atoms with E-state index in [1.807, 2.05) is 35.1 Å². The Morgan fingerprint density at radius 2 is 1.85 bits per heavy atom. The Morgan fingerprint density at radius 3 is 2.63 bits per heavy atom. The smallest absolute Gasteiger partial charge is 0.159 e. The highest BCUT2D eigenvalue weighted by molar-refractivity contribution is 6.32. The number of rotatable bonds is 5. The molecule has 0 saturated carbocycles. The molecule has 0 atom stereocenters. The highest BCUT2D eigenvalue weighted by atomic mass is 35.5. The second-order valence-corrected chi connectivity index (χ2v) is 7.36. The van der Waals surface area contributed by atoms with Crippen LogP contribution in [0.1, 0.15) is 0 Å². The Hall–Kier alpha value is -2.02. The first-order valence-electron chi connectivity index (χ1n) is 8.93. The Kier molecular flexibility index (Phi) is 5.38. The van der Waals surface area contributed by atoms with E-state index in [2.05, 4.69) is 19.9 Å². The highest BCUT2D eigenvalue weighted by Crippen LogP contribution is 2.29. The maximum atomic E-state index is 6.13. The zero-order valence-corrected chi connectivity index (χ0v) is 16.6. The van der Waals surface area contributed by atoms with Gasteiger partial charge < -0.3 is 9.64 Å². The van der Waals surface area contributed by atoms with Crippen molar-refractivity contribution in [2.45, 2.75) is 6.54 Å². The number of ether oxygens (including phenoxy) is 1. The molecule has 1 aliphatic rings. The van der Waals surface area contributed by atoms with Crippen molar-refractivity contribution in [3.05, 3.63) is 46.7 Å². The normalized spacial score (nSPS) is 15.4. The second kappa shape index (κ2) is 7.92. The number of pyridine rings is 1. The first kappa shape index (κ1) is 18.3. The number of nitrogens with zero attached hydrogens (tertiary/aromatic N) is 5. The van der Waals surface area contributed by atoms with Gasteiger partial charge in [-0.1, -0.05) is 23.2 Å². The fraction of sp³-hybridized carbons (Fsp3) is 0.368. The molecule has 1 fully saturated rings. The van der Waals surface area contributed by atoms with E-state index < -0.39 is 0 Å². The zero-order chi connectivity index (χ0) is 18.8. The third-order valence-corrected chi connectivity index (χ3v) is 5.47. The maximum absolute atomic E-state index is 6.13. The summed E-state index contributed by atoms with van der Waals surface area (Å²) in [6.45, 7) is 5.66. The largest absolute Gasteiger partial charge is 0.495 e. The summed E-state index contributed by atoms with van der Waals surface area (Å²) in [4.78, 5) is 9.20. The van der Waals surface area contributed by atoms with Crippen LogP contribution in [0.15, 0.2) is 36.5 Å². The molecule has 0 spiro atoms. The van der Waals surface area contributed by atoms with Crippen LogP contribution in [0.25, 0.3) is 11.0 Å². The predicted octanol–water partition coefficient (Wildman–Crippen LogP) is 3.57. The number of hydrogen-bond acceptors (Lipinski definition) is 5. The van der Waals surface area contributed by atoms with Gasteiger partial charge >= 0.3 is 0 Å². The Labute approximate surface area is 168 Å². The number of aromatic nitrogens is 3. The van der Waals surface area contributed by atoms with E-state index in [1.54, 1.807) is 13.2 Å². The van der Waals surface area contributed by atoms with Crippen molar-refractivity contribution in [1.82, 2.24) is 19.7 Å². The second-order valence-electron chi connectivity index (χ2n) is 6.56. The number of benzene rings is 1. The monoisotopic (exact) mass is 405 g/mol. The van der Waals surface area contributed by atoms with Crippen LogP contribution in [0.2, 0.25) is 10.2 Å². The Morgan fingerprint density at radius 1 is 1.04 bits per heavy atom. The van der Waals surface area contributed by atoms with Crippen LogP contribution in [0.3, 0.4) is 0 Å². The van der Waals surface area contributed by atoms with Crippen molar-refractivity contribution in [3.8, 4) is 5.75 Å². The van der Waals surface area contributed by atoms with Gasteiger partial charge in [-0.15, -0.1) is 0 Å². The molecule has 0 aliphatic carbocycles. The lowest BCUT2D eigenvalue weighted by atomic mass is 10.2. The molecule has 0 unspecified atom stereocenters. The van der Waals surface area contributed by atoms with Gasteiger partial charge in [0.05, 0.1) is 24.9 Å². The van der Waals surface area contributed by atoms with Gasteiger partial charge in [0.25, 0.3) is 0 Å². The van der Waals surface area contributed by atoms with Crippen molar-refractivity contribution < 1.29 is 4.74 Å². The zero-order valence-electron chi connectivity index (χ0n) is 15.1. The van der Waals surface area contributed by atoms with Crippen molar-refractivity contribution in [2.75, 3.05) is 44.7 Å². The van der Waals surface area contributed by atoms with Gasteiger partial charge in [0.15, 0.2) is 5.65 Å². The minimum atomic E-state index is 0.497. The summed E-state index contributed by atoms with van der Waals surface area (Å²) >= 11 is 12.1. The van der Waals surface area contributed by atoms with E-state index in [9.17, 15) is 0 Å². The van der Waals surface area contributed by atoms with Gasteiger partial charge in [0, 0.05) is 49.9 Å². The van der Waals surface area contributed by atoms with Gasteiger partial charge in [-0.3, -0.25) is 4.90 Å². The number of piperazine rings is 1. The first-order chi connectivity index (χ1) is 13.1. The molecule has 1 aliphatic heterocycles. The Balaban J connectivity index is 1.35. The molecular weight excluding hydrogens is 385 g/mol. The summed E-state index contributed by atoms with van der Waals surface area (Å²) in [5.74, 6) is 0.716. The predicted molar refractivity (Wildman–Crippen MR) is 109 cm³/mol. The lowest BCUT2D eigenvalue weighted by Gasteiger charge is -2.36. The number of fused-ring (bicyclic) bond motifs is 1. The molecule has 1 aromatic carbocycles. The molecule has 6 nitrogen and oxygen atoms in total. The molecule has 2 aromatic heterocycles. The molecule has 4 rings (SSSR count). The van der Waals surface area contributed by atoms with Gasteiger partial charge in [0.1, 0.15) is 10.9 Å². The molecule has 0 bridgehead atoms. The molecule has 27 heavy (non-hydrogen) atoms. The van der Waals surface area contributed by atoms with Crippen molar-refractivity contribution in [2.24, 2.45) is 0 Å². The molecule has 0 radical (unpaired) electrons. The van der Waals surface area contributed by atoms with Gasteiger partial charge in [0.2, 0.25) is 0 Å². The van der Waals surface area contributed by atoms with Crippen LogP contribution in [0.4, 0.5) is 5.69 Å². The number of methoxy groups -OCH3 is 1. The van der Waals surface area contributed by atoms with Crippen molar-refractivity contribution in [1.29, 1.82) is 0 Å². The third kappa shape index (κ3) is 3.98. The number of halogens is 2. The molecule has 1 saturated heterocycles. The SMILES string of the molecule is COc1cc(N2CCN(CCn3ncc4ccc(Cl)nc43)CC2)ccc1Cl. The lowest BCUT2D eigenvalue weighted by molar-refractivity contribution is 0.245. The van der Waals surface area contributed by atoms with E-state index >= 15 is 0 Å². The quantitative estimate of drug-likeness (QED) is 0.607.